The minimum absolute atomic E-state index is 0.00236. The van der Waals surface area contributed by atoms with E-state index in [0.717, 1.165) is 6.07 Å². The quantitative estimate of drug-likeness (QED) is 0.780. The van der Waals surface area contributed by atoms with Crippen LogP contribution in [-0.2, 0) is 16.0 Å². The Bertz CT molecular complexity index is 424. The van der Waals surface area contributed by atoms with E-state index in [4.69, 9.17) is 16.2 Å². The molecule has 0 fully saturated rings. The SMILES string of the molecule is CCOC(=O)Cc1nc(N)c(C(F)F)cc1N. The van der Waals surface area contributed by atoms with Gasteiger partial charge in [0, 0.05) is 0 Å². The maximum absolute atomic E-state index is 12.5. The molecule has 0 saturated heterocycles. The lowest BCUT2D eigenvalue weighted by molar-refractivity contribution is -0.142. The van der Waals surface area contributed by atoms with Crippen molar-refractivity contribution >= 4 is 17.5 Å². The fourth-order valence-electron chi connectivity index (χ4n) is 1.26. The second-order valence-electron chi connectivity index (χ2n) is 3.28. The van der Waals surface area contributed by atoms with Crippen molar-refractivity contribution in [2.24, 2.45) is 0 Å². The molecule has 0 saturated carbocycles. The molecule has 0 aliphatic heterocycles. The first kappa shape index (κ1) is 13.1. The molecule has 0 unspecified atom stereocenters. The number of nitrogen functional groups attached to an aromatic ring is 2. The minimum Gasteiger partial charge on any atom is -0.466 e. The van der Waals surface area contributed by atoms with Crippen molar-refractivity contribution in [1.29, 1.82) is 0 Å². The van der Waals surface area contributed by atoms with Crippen molar-refractivity contribution in [3.05, 3.63) is 17.3 Å². The molecule has 0 atom stereocenters. The number of hydrogen-bond acceptors (Lipinski definition) is 5. The fourth-order valence-corrected chi connectivity index (χ4v) is 1.26. The van der Waals surface area contributed by atoms with Crippen molar-refractivity contribution in [1.82, 2.24) is 4.98 Å². The van der Waals surface area contributed by atoms with Crippen LogP contribution in [0.15, 0.2) is 6.07 Å². The molecule has 0 amide bonds. The Morgan fingerprint density at radius 2 is 2.18 bits per heavy atom. The Hall–Kier alpha value is -1.92. The van der Waals surface area contributed by atoms with Gasteiger partial charge in [0.05, 0.1) is 30.0 Å². The number of alkyl halides is 2. The van der Waals surface area contributed by atoms with Crippen molar-refractivity contribution < 1.29 is 18.3 Å². The molecular weight excluding hydrogens is 232 g/mol. The predicted molar refractivity (Wildman–Crippen MR) is 58.4 cm³/mol. The van der Waals surface area contributed by atoms with Gasteiger partial charge in [0.15, 0.2) is 0 Å². The minimum atomic E-state index is -2.75. The summed E-state index contributed by atoms with van der Waals surface area (Å²) in [6, 6.07) is 1.03. The number of carbonyl (C=O) groups is 1. The third-order valence-corrected chi connectivity index (χ3v) is 2.05. The van der Waals surface area contributed by atoms with E-state index in [-0.39, 0.29) is 30.2 Å². The zero-order valence-electron chi connectivity index (χ0n) is 9.24. The first-order chi connectivity index (χ1) is 7.95. The monoisotopic (exact) mass is 245 g/mol. The van der Waals surface area contributed by atoms with E-state index < -0.39 is 18.0 Å². The summed E-state index contributed by atoms with van der Waals surface area (Å²) in [5.74, 6) is -0.857. The van der Waals surface area contributed by atoms with E-state index in [2.05, 4.69) is 4.98 Å². The van der Waals surface area contributed by atoms with Crippen LogP contribution >= 0.6 is 0 Å². The molecular formula is C10H13F2N3O2. The van der Waals surface area contributed by atoms with Crippen LogP contribution in [0.3, 0.4) is 0 Å². The summed E-state index contributed by atoms with van der Waals surface area (Å²) in [7, 11) is 0. The summed E-state index contributed by atoms with van der Waals surface area (Å²) in [6.45, 7) is 1.88. The first-order valence-electron chi connectivity index (χ1n) is 4.94. The molecule has 0 radical (unpaired) electrons. The molecule has 1 rings (SSSR count). The average molecular weight is 245 g/mol. The van der Waals surface area contributed by atoms with Gasteiger partial charge in [-0.3, -0.25) is 4.79 Å². The van der Waals surface area contributed by atoms with Crippen LogP contribution in [-0.4, -0.2) is 17.6 Å². The van der Waals surface area contributed by atoms with Gasteiger partial charge in [-0.05, 0) is 13.0 Å². The maximum Gasteiger partial charge on any atom is 0.311 e. The summed E-state index contributed by atoms with van der Waals surface area (Å²) < 4.78 is 29.6. The molecule has 7 heteroatoms. The maximum atomic E-state index is 12.5. The second-order valence-corrected chi connectivity index (χ2v) is 3.28. The van der Waals surface area contributed by atoms with Gasteiger partial charge in [0.25, 0.3) is 6.43 Å². The number of hydrogen-bond donors (Lipinski definition) is 2. The molecule has 4 N–H and O–H groups in total. The Morgan fingerprint density at radius 1 is 1.53 bits per heavy atom. The smallest absolute Gasteiger partial charge is 0.311 e. The van der Waals surface area contributed by atoms with Gasteiger partial charge in [0.1, 0.15) is 5.82 Å². The first-order valence-corrected chi connectivity index (χ1v) is 4.94. The molecule has 0 aliphatic rings. The lowest BCUT2D eigenvalue weighted by Crippen LogP contribution is -2.12. The van der Waals surface area contributed by atoms with Gasteiger partial charge in [-0.1, -0.05) is 0 Å². The molecule has 0 bridgehead atoms. The number of pyridine rings is 1. The van der Waals surface area contributed by atoms with Gasteiger partial charge < -0.3 is 16.2 Å². The summed E-state index contributed by atoms with van der Waals surface area (Å²) >= 11 is 0. The Morgan fingerprint density at radius 3 is 2.71 bits per heavy atom. The van der Waals surface area contributed by atoms with Gasteiger partial charge in [0.2, 0.25) is 0 Å². The molecule has 94 valence electrons. The van der Waals surface area contributed by atoms with Gasteiger partial charge in [-0.15, -0.1) is 0 Å². The molecule has 1 aromatic rings. The molecule has 0 spiro atoms. The van der Waals surface area contributed by atoms with Crippen LogP contribution in [0, 0.1) is 0 Å². The zero-order chi connectivity index (χ0) is 13.0. The summed E-state index contributed by atoms with van der Waals surface area (Å²) in [6.07, 6.45) is -2.94. The standard InChI is InChI=1S/C10H13F2N3O2/c1-2-17-8(16)4-7-6(13)3-5(9(11)12)10(14)15-7/h3,9H,2,4,13H2,1H3,(H2,14,15). The average Bonchev–Trinajstić information content (AvgIpc) is 2.22. The summed E-state index contributed by atoms with van der Waals surface area (Å²) in [5.41, 5.74) is 10.6. The number of nitrogens with zero attached hydrogens (tertiary/aromatic N) is 1. The molecule has 1 aromatic heterocycles. The number of carbonyl (C=O) groups excluding carboxylic acids is 1. The highest BCUT2D eigenvalue weighted by Gasteiger charge is 2.17. The fraction of sp³-hybridized carbons (Fsp3) is 0.400. The van der Waals surface area contributed by atoms with Crippen molar-refractivity contribution in [2.45, 2.75) is 19.8 Å². The second kappa shape index (κ2) is 5.42. The van der Waals surface area contributed by atoms with E-state index in [9.17, 15) is 13.6 Å². The highest BCUT2D eigenvalue weighted by atomic mass is 19.3. The Balaban J connectivity index is 2.95. The summed E-state index contributed by atoms with van der Waals surface area (Å²) in [5, 5.41) is 0. The third-order valence-electron chi connectivity index (χ3n) is 2.05. The van der Waals surface area contributed by atoms with Gasteiger partial charge >= 0.3 is 5.97 Å². The largest absolute Gasteiger partial charge is 0.466 e. The van der Waals surface area contributed by atoms with Crippen molar-refractivity contribution in [3.8, 4) is 0 Å². The van der Waals surface area contributed by atoms with E-state index in [0.29, 0.717) is 0 Å². The molecule has 1 heterocycles. The predicted octanol–water partition coefficient (Wildman–Crippen LogP) is 1.29. The third kappa shape index (κ3) is 3.27. The summed E-state index contributed by atoms with van der Waals surface area (Å²) in [4.78, 5) is 14.9. The van der Waals surface area contributed by atoms with Crippen LogP contribution in [0.2, 0.25) is 0 Å². The van der Waals surface area contributed by atoms with Gasteiger partial charge in [-0.25, -0.2) is 13.8 Å². The number of aromatic nitrogens is 1. The molecule has 0 aromatic carbocycles. The van der Waals surface area contributed by atoms with E-state index >= 15 is 0 Å². The van der Waals surface area contributed by atoms with Crippen molar-refractivity contribution in [2.75, 3.05) is 18.1 Å². The van der Waals surface area contributed by atoms with Gasteiger partial charge in [-0.2, -0.15) is 0 Å². The van der Waals surface area contributed by atoms with Crippen LogP contribution in [0.25, 0.3) is 0 Å². The van der Waals surface area contributed by atoms with Crippen LogP contribution in [0.4, 0.5) is 20.3 Å². The van der Waals surface area contributed by atoms with Crippen LogP contribution in [0.5, 0.6) is 0 Å². The Kier molecular flexibility index (Phi) is 4.19. The van der Waals surface area contributed by atoms with E-state index in [1.165, 1.54) is 0 Å². The number of anilines is 2. The number of esters is 1. The number of rotatable bonds is 4. The number of ether oxygens (including phenoxy) is 1. The highest BCUT2D eigenvalue weighted by Crippen LogP contribution is 2.27. The van der Waals surface area contributed by atoms with E-state index in [1.54, 1.807) is 6.92 Å². The number of nitrogens with two attached hydrogens (primary N) is 2. The normalized spacial score (nSPS) is 10.6. The highest BCUT2D eigenvalue weighted by molar-refractivity contribution is 5.74. The zero-order valence-corrected chi connectivity index (χ0v) is 9.24. The van der Waals surface area contributed by atoms with E-state index in [1.807, 2.05) is 0 Å². The van der Waals surface area contributed by atoms with Crippen LogP contribution < -0.4 is 11.5 Å². The van der Waals surface area contributed by atoms with Crippen molar-refractivity contribution in [3.63, 3.8) is 0 Å². The molecule has 0 aliphatic carbocycles. The Labute approximate surface area is 96.8 Å². The molecule has 5 nitrogen and oxygen atoms in total. The number of halogens is 2. The van der Waals surface area contributed by atoms with Crippen LogP contribution in [0.1, 0.15) is 24.6 Å². The lowest BCUT2D eigenvalue weighted by Gasteiger charge is -2.09. The topological polar surface area (TPSA) is 91.2 Å². The molecule has 17 heavy (non-hydrogen) atoms. The lowest BCUT2D eigenvalue weighted by atomic mass is 10.1.